The normalized spacial score (nSPS) is 21.1. The van der Waals surface area contributed by atoms with Crippen molar-refractivity contribution in [1.82, 2.24) is 4.98 Å². The molecule has 0 unspecified atom stereocenters. The third kappa shape index (κ3) is 4.07. The van der Waals surface area contributed by atoms with E-state index in [1.54, 1.807) is 14.0 Å². The summed E-state index contributed by atoms with van der Waals surface area (Å²) in [4.78, 5) is 32.0. The number of rotatable bonds is 4. The Labute approximate surface area is 175 Å². The molecule has 1 fully saturated rings. The standard InChI is InChI=1S/C22H27N3O3S/c1-13-20(17-6-9-19-16(12-17)10-11-25(19)14(2)26)23-22(29-13)24-21(27)15-4-7-18(28-3)8-5-15/h6,9,12,15,18H,4-5,7-8,10-11H2,1-3H3,(H,23,24,27). The Morgan fingerprint density at radius 3 is 2.69 bits per heavy atom. The fourth-order valence-corrected chi connectivity index (χ4v) is 5.20. The largest absolute Gasteiger partial charge is 0.381 e. The summed E-state index contributed by atoms with van der Waals surface area (Å²) >= 11 is 1.51. The average Bonchev–Trinajstić information content (AvgIpc) is 3.30. The molecular weight excluding hydrogens is 386 g/mol. The van der Waals surface area contributed by atoms with E-state index in [1.165, 1.54) is 16.9 Å². The van der Waals surface area contributed by atoms with Crippen LogP contribution in [0.3, 0.4) is 0 Å². The first-order valence-electron chi connectivity index (χ1n) is 10.2. The van der Waals surface area contributed by atoms with E-state index in [0.717, 1.165) is 60.5 Å². The fourth-order valence-electron chi connectivity index (χ4n) is 4.36. The molecular formula is C22H27N3O3S. The molecule has 2 aliphatic rings. The monoisotopic (exact) mass is 413 g/mol. The van der Waals surface area contributed by atoms with E-state index >= 15 is 0 Å². The molecule has 6 nitrogen and oxygen atoms in total. The van der Waals surface area contributed by atoms with Crippen molar-refractivity contribution in [2.75, 3.05) is 23.9 Å². The number of amides is 2. The van der Waals surface area contributed by atoms with Crippen molar-refractivity contribution in [3.63, 3.8) is 0 Å². The Bertz CT molecular complexity index is 931. The van der Waals surface area contributed by atoms with Gasteiger partial charge in [0, 0.05) is 42.6 Å². The Balaban J connectivity index is 1.47. The number of benzene rings is 1. The Kier molecular flexibility index (Phi) is 5.69. The van der Waals surface area contributed by atoms with Crippen molar-refractivity contribution in [1.29, 1.82) is 0 Å². The highest BCUT2D eigenvalue weighted by Crippen LogP contribution is 2.36. The van der Waals surface area contributed by atoms with Gasteiger partial charge in [0.25, 0.3) is 0 Å². The molecule has 0 bridgehead atoms. The van der Waals surface area contributed by atoms with Gasteiger partial charge in [0.1, 0.15) is 0 Å². The molecule has 0 saturated heterocycles. The van der Waals surface area contributed by atoms with Crippen molar-refractivity contribution < 1.29 is 14.3 Å². The van der Waals surface area contributed by atoms with E-state index < -0.39 is 0 Å². The van der Waals surface area contributed by atoms with Crippen molar-refractivity contribution >= 4 is 34.0 Å². The van der Waals surface area contributed by atoms with Gasteiger partial charge in [-0.25, -0.2) is 4.98 Å². The number of nitrogens with one attached hydrogen (secondary N) is 1. The minimum absolute atomic E-state index is 0.0339. The quantitative estimate of drug-likeness (QED) is 0.817. The van der Waals surface area contributed by atoms with Gasteiger partial charge in [0.05, 0.1) is 11.8 Å². The molecule has 1 saturated carbocycles. The second kappa shape index (κ2) is 8.24. The number of anilines is 2. The summed E-state index contributed by atoms with van der Waals surface area (Å²) in [5.41, 5.74) is 4.10. The van der Waals surface area contributed by atoms with Gasteiger partial charge in [-0.3, -0.25) is 9.59 Å². The van der Waals surface area contributed by atoms with Crippen molar-refractivity contribution in [3.8, 4) is 11.3 Å². The van der Waals surface area contributed by atoms with Gasteiger partial charge in [0.15, 0.2) is 5.13 Å². The van der Waals surface area contributed by atoms with Crippen LogP contribution in [0.15, 0.2) is 18.2 Å². The van der Waals surface area contributed by atoms with Gasteiger partial charge in [-0.15, -0.1) is 11.3 Å². The first kappa shape index (κ1) is 20.0. The zero-order chi connectivity index (χ0) is 20.5. The van der Waals surface area contributed by atoms with Crippen LogP contribution in [0.25, 0.3) is 11.3 Å². The van der Waals surface area contributed by atoms with E-state index in [4.69, 9.17) is 9.72 Å². The zero-order valence-corrected chi connectivity index (χ0v) is 18.0. The molecule has 1 N–H and O–H groups in total. The summed E-state index contributed by atoms with van der Waals surface area (Å²) in [6.07, 6.45) is 4.73. The van der Waals surface area contributed by atoms with Gasteiger partial charge in [-0.2, -0.15) is 0 Å². The van der Waals surface area contributed by atoms with Crippen molar-refractivity contribution in [3.05, 3.63) is 28.6 Å². The number of methoxy groups -OCH3 is 1. The first-order valence-corrected chi connectivity index (χ1v) is 11.0. The molecule has 7 heteroatoms. The second-order valence-electron chi connectivity index (χ2n) is 7.89. The topological polar surface area (TPSA) is 71.5 Å². The summed E-state index contributed by atoms with van der Waals surface area (Å²) in [6.45, 7) is 4.36. The number of carbonyl (C=O) groups excluding carboxylic acids is 2. The second-order valence-corrected chi connectivity index (χ2v) is 9.09. The number of thiazole rings is 1. The van der Waals surface area contributed by atoms with Gasteiger partial charge >= 0.3 is 0 Å². The summed E-state index contributed by atoms with van der Waals surface area (Å²) in [5, 5.41) is 3.68. The van der Waals surface area contributed by atoms with Crippen molar-refractivity contribution in [2.24, 2.45) is 5.92 Å². The van der Waals surface area contributed by atoms with Gasteiger partial charge in [0.2, 0.25) is 11.8 Å². The molecule has 0 spiro atoms. The van der Waals surface area contributed by atoms with Crippen LogP contribution in [0, 0.1) is 12.8 Å². The van der Waals surface area contributed by atoms with Crippen LogP contribution in [0.1, 0.15) is 43.0 Å². The molecule has 1 aromatic heterocycles. The molecule has 29 heavy (non-hydrogen) atoms. The number of carbonyl (C=O) groups is 2. The van der Waals surface area contributed by atoms with Crippen LogP contribution in [0.2, 0.25) is 0 Å². The van der Waals surface area contributed by atoms with Gasteiger partial charge < -0.3 is 15.0 Å². The van der Waals surface area contributed by atoms with Crippen LogP contribution in [0.4, 0.5) is 10.8 Å². The summed E-state index contributed by atoms with van der Waals surface area (Å²) in [5.74, 6) is 0.170. The minimum Gasteiger partial charge on any atom is -0.381 e. The minimum atomic E-state index is 0.0339. The SMILES string of the molecule is COC1CCC(C(=O)Nc2nc(-c3ccc4c(c3)CCN4C(C)=O)c(C)s2)CC1. The number of aryl methyl sites for hydroxylation is 1. The molecule has 1 aromatic carbocycles. The number of hydrogen-bond acceptors (Lipinski definition) is 5. The van der Waals surface area contributed by atoms with Crippen molar-refractivity contribution in [2.45, 2.75) is 52.1 Å². The molecule has 4 rings (SSSR count). The highest BCUT2D eigenvalue weighted by molar-refractivity contribution is 7.16. The Morgan fingerprint density at radius 1 is 1.24 bits per heavy atom. The van der Waals surface area contributed by atoms with E-state index in [2.05, 4.69) is 11.4 Å². The van der Waals surface area contributed by atoms with Gasteiger partial charge in [-0.1, -0.05) is 6.07 Å². The average molecular weight is 414 g/mol. The molecule has 0 radical (unpaired) electrons. The smallest absolute Gasteiger partial charge is 0.229 e. The van der Waals surface area contributed by atoms with Crippen LogP contribution in [-0.2, 0) is 20.7 Å². The molecule has 1 aliphatic heterocycles. The summed E-state index contributed by atoms with van der Waals surface area (Å²) < 4.78 is 5.39. The molecule has 0 atom stereocenters. The van der Waals surface area contributed by atoms with E-state index in [9.17, 15) is 9.59 Å². The Morgan fingerprint density at radius 2 is 2.00 bits per heavy atom. The number of hydrogen-bond donors (Lipinski definition) is 1. The molecule has 2 heterocycles. The molecule has 1 aliphatic carbocycles. The van der Waals surface area contributed by atoms with Gasteiger partial charge in [-0.05, 0) is 56.7 Å². The molecule has 2 amide bonds. The summed E-state index contributed by atoms with van der Waals surface area (Å²) in [6, 6.07) is 6.14. The highest BCUT2D eigenvalue weighted by atomic mass is 32.1. The zero-order valence-electron chi connectivity index (χ0n) is 17.2. The van der Waals surface area contributed by atoms with Crippen LogP contribution >= 0.6 is 11.3 Å². The van der Waals surface area contributed by atoms with Crippen LogP contribution in [0.5, 0.6) is 0 Å². The first-order chi connectivity index (χ1) is 14.0. The maximum absolute atomic E-state index is 12.7. The van der Waals surface area contributed by atoms with E-state index in [-0.39, 0.29) is 23.8 Å². The fraction of sp³-hybridized carbons (Fsp3) is 0.500. The van der Waals surface area contributed by atoms with E-state index in [0.29, 0.717) is 5.13 Å². The lowest BCUT2D eigenvalue weighted by molar-refractivity contribution is -0.121. The predicted octanol–water partition coefficient (Wildman–Crippen LogP) is 4.17. The summed E-state index contributed by atoms with van der Waals surface area (Å²) in [7, 11) is 1.74. The number of nitrogens with zero attached hydrogens (tertiary/aromatic N) is 2. The lowest BCUT2D eigenvalue weighted by atomic mass is 9.87. The predicted molar refractivity (Wildman–Crippen MR) is 115 cm³/mol. The number of aromatic nitrogens is 1. The third-order valence-electron chi connectivity index (χ3n) is 6.03. The lowest BCUT2D eigenvalue weighted by Crippen LogP contribution is -2.29. The third-order valence-corrected chi connectivity index (χ3v) is 6.92. The maximum Gasteiger partial charge on any atom is 0.229 e. The Hall–Kier alpha value is -2.25. The number of ether oxygens (including phenoxy) is 1. The van der Waals surface area contributed by atoms with Crippen LogP contribution in [-0.4, -0.2) is 36.6 Å². The molecule has 154 valence electrons. The highest BCUT2D eigenvalue weighted by Gasteiger charge is 2.27. The maximum atomic E-state index is 12.7. The number of fused-ring (bicyclic) bond motifs is 1. The molecule has 2 aromatic rings. The lowest BCUT2D eigenvalue weighted by Gasteiger charge is -2.26. The van der Waals surface area contributed by atoms with E-state index in [1.807, 2.05) is 24.0 Å². The van der Waals surface area contributed by atoms with Crippen LogP contribution < -0.4 is 10.2 Å².